The van der Waals surface area contributed by atoms with Crippen molar-refractivity contribution in [2.45, 2.75) is 2.72 Å². The van der Waals surface area contributed by atoms with Crippen LogP contribution in [0, 0.1) is 0 Å². The number of halogens is 2. The Morgan fingerprint density at radius 3 is 1.00 bits per heavy atom. The van der Waals surface area contributed by atoms with Gasteiger partial charge in [0, 0.05) is 0 Å². The molecule has 2 radical (unpaired) electrons. The molecule has 0 amide bonds. The standard InChI is InChI=1S/CH4Br2O6P2.2Cu/c2-1(3,10(4,5)6)11(7,8)9;;/h(H2,4,5,6)(H2,7,8,9);;/q;2*+2/p-4. The maximum atomic E-state index is 10.1. The Bertz CT molecular complexity index is 219. The van der Waals surface area contributed by atoms with Gasteiger partial charge in [0.1, 0.15) is 2.72 Å². The van der Waals surface area contributed by atoms with Gasteiger partial charge in [-0.2, -0.15) is 0 Å². The number of hydrogen-bond acceptors (Lipinski definition) is 6. The topological polar surface area (TPSA) is 126 Å². The normalized spacial score (nSPS) is 12.8. The quantitative estimate of drug-likeness (QED) is 0.274. The summed E-state index contributed by atoms with van der Waals surface area (Å²) in [6.45, 7) is 0. The third kappa shape index (κ3) is 5.25. The predicted octanol–water partition coefficient (Wildman–Crippen LogP) is -1.79. The molecule has 13 heavy (non-hydrogen) atoms. The molecule has 0 aliphatic heterocycles. The molecule has 0 aromatic carbocycles. The summed E-state index contributed by atoms with van der Waals surface area (Å²) in [6, 6.07) is 0. The van der Waals surface area contributed by atoms with Gasteiger partial charge in [0.25, 0.3) is 0 Å². The Hall–Kier alpha value is 2.30. The first-order chi connectivity index (χ1) is 4.50. The van der Waals surface area contributed by atoms with E-state index in [0.29, 0.717) is 0 Å². The third-order valence-corrected chi connectivity index (χ3v) is 8.66. The molecule has 0 spiro atoms. The summed E-state index contributed by atoms with van der Waals surface area (Å²) < 4.78 is 17.1. The van der Waals surface area contributed by atoms with E-state index in [1.54, 1.807) is 0 Å². The van der Waals surface area contributed by atoms with Crippen molar-refractivity contribution in [3.8, 4) is 0 Å². The molecule has 0 unspecified atom stereocenters. The second-order valence-corrected chi connectivity index (χ2v) is 11.1. The van der Waals surface area contributed by atoms with Crippen molar-refractivity contribution < 1.29 is 62.8 Å². The molecule has 0 saturated carbocycles. The molecule has 0 heterocycles. The Kier molecular flexibility index (Phi) is 9.76. The molecule has 0 aliphatic carbocycles. The molecule has 0 aromatic rings. The average molecular weight is 457 g/mol. The van der Waals surface area contributed by atoms with E-state index in [2.05, 4.69) is 0 Å². The van der Waals surface area contributed by atoms with E-state index in [9.17, 15) is 28.7 Å². The van der Waals surface area contributed by atoms with Crippen LogP contribution < -0.4 is 19.6 Å². The first kappa shape index (κ1) is 20.7. The van der Waals surface area contributed by atoms with E-state index in [1.165, 1.54) is 0 Å². The molecule has 12 heteroatoms. The van der Waals surface area contributed by atoms with E-state index < -0.39 is 17.9 Å². The van der Waals surface area contributed by atoms with E-state index >= 15 is 0 Å². The first-order valence-corrected chi connectivity index (χ1v) is 6.59. The Morgan fingerprint density at radius 2 is 1.00 bits per heavy atom. The zero-order chi connectivity index (χ0) is 9.50. The van der Waals surface area contributed by atoms with Crippen LogP contribution in [0.25, 0.3) is 0 Å². The number of hydrogen-bond donors (Lipinski definition) is 0. The molecule has 6 nitrogen and oxygen atoms in total. The summed E-state index contributed by atoms with van der Waals surface area (Å²) in [7, 11) is -11.1. The minimum absolute atomic E-state index is 0. The number of alkyl halides is 2. The van der Waals surface area contributed by atoms with Gasteiger partial charge < -0.3 is 28.7 Å². The molecular weight excluding hydrogens is 457 g/mol. The molecule has 0 aromatic heterocycles. The fourth-order valence-electron chi connectivity index (χ4n) is 0.150. The monoisotopic (exact) mass is 454 g/mol. The Morgan fingerprint density at radius 1 is 0.846 bits per heavy atom. The van der Waals surface area contributed by atoms with Gasteiger partial charge in [0.05, 0.1) is 0 Å². The second kappa shape index (κ2) is 6.14. The molecule has 0 bridgehead atoms. The largest absolute Gasteiger partial charge is 2.00 e. The van der Waals surface area contributed by atoms with Crippen LogP contribution >= 0.6 is 47.1 Å². The summed E-state index contributed by atoms with van der Waals surface area (Å²) in [5, 5.41) is 0. The molecular formula is CBr2Cu2O6P2. The third-order valence-electron chi connectivity index (χ3n) is 0.659. The molecule has 0 saturated heterocycles. The van der Waals surface area contributed by atoms with Crippen LogP contribution in [-0.4, -0.2) is 2.72 Å². The minimum Gasteiger partial charge on any atom is -0.809 e. The van der Waals surface area contributed by atoms with E-state index in [-0.39, 0.29) is 34.1 Å². The molecule has 0 rings (SSSR count). The summed E-state index contributed by atoms with van der Waals surface area (Å²) in [4.78, 5) is 40.4. The van der Waals surface area contributed by atoms with E-state index in [1.807, 2.05) is 31.9 Å². The van der Waals surface area contributed by atoms with E-state index in [4.69, 9.17) is 0 Å². The summed E-state index contributed by atoms with van der Waals surface area (Å²) in [5.74, 6) is 0. The summed E-state index contributed by atoms with van der Waals surface area (Å²) in [6.07, 6.45) is 0. The van der Waals surface area contributed by atoms with Gasteiger partial charge in [0.15, 0.2) is 0 Å². The van der Waals surface area contributed by atoms with Crippen molar-refractivity contribution in [2.24, 2.45) is 0 Å². The van der Waals surface area contributed by atoms with Crippen LogP contribution in [0.5, 0.6) is 0 Å². The van der Waals surface area contributed by atoms with Gasteiger partial charge in [-0.3, -0.25) is 0 Å². The fourth-order valence-corrected chi connectivity index (χ4v) is 1.35. The van der Waals surface area contributed by atoms with Crippen molar-refractivity contribution in [3.63, 3.8) is 0 Å². The van der Waals surface area contributed by atoms with Crippen molar-refractivity contribution in [3.05, 3.63) is 0 Å². The van der Waals surface area contributed by atoms with Crippen molar-refractivity contribution in [1.29, 1.82) is 0 Å². The molecule has 86 valence electrons. The van der Waals surface area contributed by atoms with Gasteiger partial charge in [-0.1, -0.05) is 31.9 Å². The first-order valence-electron chi connectivity index (χ1n) is 1.92. The van der Waals surface area contributed by atoms with Crippen LogP contribution in [0.15, 0.2) is 0 Å². The predicted molar refractivity (Wildman–Crippen MR) is 35.8 cm³/mol. The van der Waals surface area contributed by atoms with Crippen LogP contribution in [0.2, 0.25) is 0 Å². The van der Waals surface area contributed by atoms with Crippen LogP contribution in [0.3, 0.4) is 0 Å². The summed E-state index contributed by atoms with van der Waals surface area (Å²) >= 11 is 3.93. The van der Waals surface area contributed by atoms with Crippen molar-refractivity contribution in [1.82, 2.24) is 0 Å². The van der Waals surface area contributed by atoms with Crippen LogP contribution in [0.4, 0.5) is 0 Å². The van der Waals surface area contributed by atoms with Gasteiger partial charge in [-0.05, 0) is 15.2 Å². The van der Waals surface area contributed by atoms with Crippen LogP contribution in [-0.2, 0) is 43.3 Å². The zero-order valence-electron chi connectivity index (χ0n) is 5.20. The maximum Gasteiger partial charge on any atom is 2.00 e. The van der Waals surface area contributed by atoms with Crippen molar-refractivity contribution in [2.75, 3.05) is 0 Å². The Balaban J connectivity index is -0.000000500. The second-order valence-electron chi connectivity index (χ2n) is 1.50. The smallest absolute Gasteiger partial charge is 0.809 e. The van der Waals surface area contributed by atoms with Gasteiger partial charge in [-0.25, -0.2) is 0 Å². The Labute approximate surface area is 112 Å². The van der Waals surface area contributed by atoms with Gasteiger partial charge in [-0.15, -0.1) is 0 Å². The number of rotatable bonds is 2. The van der Waals surface area contributed by atoms with Gasteiger partial charge >= 0.3 is 34.1 Å². The SMILES string of the molecule is O=P([O-])([O-])C(Br)(Br)P(=O)([O-])[O-].[Cu+2].[Cu+2]. The van der Waals surface area contributed by atoms with Crippen LogP contribution in [0.1, 0.15) is 0 Å². The van der Waals surface area contributed by atoms with Crippen molar-refractivity contribution >= 4 is 47.1 Å². The average Bonchev–Trinajstić information content (AvgIpc) is 1.58. The minimum atomic E-state index is -5.54. The molecule has 0 atom stereocenters. The maximum absolute atomic E-state index is 10.1. The molecule has 0 aliphatic rings. The summed E-state index contributed by atoms with van der Waals surface area (Å²) in [5.41, 5.74) is 0. The van der Waals surface area contributed by atoms with Gasteiger partial charge in [0.2, 0.25) is 0 Å². The molecule has 0 fully saturated rings. The van der Waals surface area contributed by atoms with E-state index in [0.717, 1.165) is 0 Å². The molecule has 0 N–H and O–H groups in total. The zero-order valence-corrected chi connectivity index (χ0v) is 12.0. The fraction of sp³-hybridized carbons (Fsp3) is 1.00.